The molecule has 0 fully saturated rings. The van der Waals surface area contributed by atoms with Crippen molar-refractivity contribution in [3.05, 3.63) is 164 Å². The van der Waals surface area contributed by atoms with Crippen LogP contribution >= 0.6 is 0 Å². The van der Waals surface area contributed by atoms with Gasteiger partial charge in [-0.1, -0.05) is 127 Å². The number of fused-ring (bicyclic) bond motifs is 5. The maximum absolute atomic E-state index is 5.21. The summed E-state index contributed by atoms with van der Waals surface area (Å²) >= 11 is 0. The predicted molar refractivity (Wildman–Crippen MR) is 192 cm³/mol. The fraction of sp³-hybridized carbons (Fsp3) is 0. The van der Waals surface area contributed by atoms with E-state index in [1.807, 2.05) is 18.5 Å². The second-order valence-corrected chi connectivity index (χ2v) is 11.7. The van der Waals surface area contributed by atoms with E-state index in [9.17, 15) is 0 Å². The fourth-order valence-corrected chi connectivity index (χ4v) is 6.48. The van der Waals surface area contributed by atoms with E-state index in [0.29, 0.717) is 0 Å². The van der Waals surface area contributed by atoms with Crippen molar-refractivity contribution < 1.29 is 0 Å². The van der Waals surface area contributed by atoms with E-state index in [4.69, 9.17) is 9.97 Å². The van der Waals surface area contributed by atoms with Crippen LogP contribution < -0.4 is 0 Å². The van der Waals surface area contributed by atoms with Gasteiger partial charge in [0.2, 0.25) is 0 Å². The first-order valence-electron chi connectivity index (χ1n) is 15.5. The Morgan fingerprint density at radius 3 is 1.67 bits per heavy atom. The highest BCUT2D eigenvalue weighted by atomic mass is 14.8. The Morgan fingerprint density at radius 1 is 0.326 bits per heavy atom. The summed E-state index contributed by atoms with van der Waals surface area (Å²) in [7, 11) is 0. The minimum absolute atomic E-state index is 0.907. The van der Waals surface area contributed by atoms with Crippen molar-refractivity contribution in [3.63, 3.8) is 0 Å². The second-order valence-electron chi connectivity index (χ2n) is 11.7. The molecule has 0 aliphatic rings. The SMILES string of the molecule is c1cc(-c2ccc3ccccc3c2)cc(-c2ccc3ccc4ccc(-c5ccc(-c6cncc7ccccc67)cc5)nc4c3n2)c1. The highest BCUT2D eigenvalue weighted by Crippen LogP contribution is 2.33. The van der Waals surface area contributed by atoms with Crippen molar-refractivity contribution >= 4 is 43.4 Å². The molecule has 0 atom stereocenters. The van der Waals surface area contributed by atoms with Gasteiger partial charge in [-0.15, -0.1) is 0 Å². The lowest BCUT2D eigenvalue weighted by Crippen LogP contribution is -1.91. The molecule has 0 aliphatic carbocycles. The summed E-state index contributed by atoms with van der Waals surface area (Å²) in [6.45, 7) is 0. The van der Waals surface area contributed by atoms with Gasteiger partial charge in [0.05, 0.1) is 22.4 Å². The molecule has 3 aromatic heterocycles. The molecule has 0 bridgehead atoms. The minimum atomic E-state index is 0.907. The number of rotatable bonds is 4. The Bertz CT molecular complexity index is 2580. The lowest BCUT2D eigenvalue weighted by molar-refractivity contribution is 1.36. The highest BCUT2D eigenvalue weighted by molar-refractivity contribution is 6.04. The predicted octanol–water partition coefficient (Wildman–Crippen LogP) is 11.2. The number of aromatic nitrogens is 3. The molecule has 0 unspecified atom stereocenters. The zero-order valence-electron chi connectivity index (χ0n) is 24.9. The average Bonchev–Trinajstić information content (AvgIpc) is 3.14. The van der Waals surface area contributed by atoms with Gasteiger partial charge in [0.1, 0.15) is 0 Å². The molecule has 46 heavy (non-hydrogen) atoms. The Kier molecular flexibility index (Phi) is 6.14. The van der Waals surface area contributed by atoms with Gasteiger partial charge < -0.3 is 0 Å². The number of hydrogen-bond donors (Lipinski definition) is 0. The van der Waals surface area contributed by atoms with E-state index >= 15 is 0 Å². The largest absolute Gasteiger partial charge is 0.263 e. The van der Waals surface area contributed by atoms with Crippen LogP contribution in [0.1, 0.15) is 0 Å². The normalized spacial score (nSPS) is 11.5. The smallest absolute Gasteiger partial charge is 0.0972 e. The van der Waals surface area contributed by atoms with Crippen molar-refractivity contribution in [2.75, 3.05) is 0 Å². The Hall–Kier alpha value is -6.19. The second kappa shape index (κ2) is 10.8. The summed E-state index contributed by atoms with van der Waals surface area (Å²) in [5.74, 6) is 0. The standard InChI is InChI=1S/C43H27N3/c1-2-7-33-24-35(19-12-28(33)6-1)34-9-5-10-36(25-34)41-23-21-32-18-17-31-20-22-40(45-42(31)43(32)46-41)30-15-13-29(14-16-30)39-27-44-26-37-8-3-4-11-38(37)39/h1-27H. The van der Waals surface area contributed by atoms with Crippen molar-refractivity contribution in [1.82, 2.24) is 15.0 Å². The molecule has 0 amide bonds. The molecule has 3 heterocycles. The molecule has 0 spiro atoms. The van der Waals surface area contributed by atoms with E-state index in [-0.39, 0.29) is 0 Å². The van der Waals surface area contributed by atoms with E-state index < -0.39 is 0 Å². The summed E-state index contributed by atoms with van der Waals surface area (Å²) in [5.41, 5.74) is 10.5. The van der Waals surface area contributed by atoms with Crippen LogP contribution in [0.25, 0.3) is 88.1 Å². The molecule has 0 aliphatic heterocycles. The molecular formula is C43H27N3. The third-order valence-corrected chi connectivity index (χ3v) is 8.92. The first-order valence-corrected chi connectivity index (χ1v) is 15.5. The molecule has 0 N–H and O–H groups in total. The topological polar surface area (TPSA) is 38.7 Å². The van der Waals surface area contributed by atoms with Crippen LogP contribution in [0, 0.1) is 0 Å². The van der Waals surface area contributed by atoms with E-state index in [0.717, 1.165) is 60.8 Å². The first kappa shape index (κ1) is 26.2. The van der Waals surface area contributed by atoms with Crippen molar-refractivity contribution in [2.24, 2.45) is 0 Å². The van der Waals surface area contributed by atoms with Crippen LogP contribution in [-0.4, -0.2) is 15.0 Å². The molecule has 214 valence electrons. The zero-order chi connectivity index (χ0) is 30.5. The molecule has 3 heteroatoms. The highest BCUT2D eigenvalue weighted by Gasteiger charge is 2.11. The molecule has 6 aromatic carbocycles. The lowest BCUT2D eigenvalue weighted by Gasteiger charge is -2.10. The maximum atomic E-state index is 5.21. The molecule has 0 saturated carbocycles. The minimum Gasteiger partial charge on any atom is -0.263 e. The van der Waals surface area contributed by atoms with E-state index in [1.54, 1.807) is 0 Å². The number of nitrogens with zero attached hydrogens (tertiary/aromatic N) is 3. The Labute approximate surface area is 266 Å². The summed E-state index contributed by atoms with van der Waals surface area (Å²) < 4.78 is 0. The van der Waals surface area contributed by atoms with E-state index in [2.05, 4.69) is 151 Å². The third kappa shape index (κ3) is 4.58. The van der Waals surface area contributed by atoms with Gasteiger partial charge in [0, 0.05) is 45.2 Å². The average molecular weight is 586 g/mol. The van der Waals surface area contributed by atoms with Crippen LogP contribution in [0.2, 0.25) is 0 Å². The van der Waals surface area contributed by atoms with Gasteiger partial charge in [0.25, 0.3) is 0 Å². The number of pyridine rings is 3. The number of benzene rings is 6. The number of hydrogen-bond acceptors (Lipinski definition) is 3. The zero-order valence-corrected chi connectivity index (χ0v) is 24.9. The van der Waals surface area contributed by atoms with E-state index in [1.165, 1.54) is 27.3 Å². The van der Waals surface area contributed by atoms with Gasteiger partial charge in [0.15, 0.2) is 0 Å². The molecule has 9 rings (SSSR count). The van der Waals surface area contributed by atoms with Crippen LogP contribution in [0.4, 0.5) is 0 Å². The quantitative estimate of drug-likeness (QED) is 0.193. The van der Waals surface area contributed by atoms with Crippen molar-refractivity contribution in [1.29, 1.82) is 0 Å². The molecule has 0 saturated heterocycles. The van der Waals surface area contributed by atoms with Gasteiger partial charge in [-0.2, -0.15) is 0 Å². The molecule has 3 nitrogen and oxygen atoms in total. The Morgan fingerprint density at radius 2 is 0.891 bits per heavy atom. The van der Waals surface area contributed by atoms with Gasteiger partial charge in [-0.05, 0) is 57.1 Å². The van der Waals surface area contributed by atoms with Crippen LogP contribution in [0.15, 0.2) is 164 Å². The monoisotopic (exact) mass is 585 g/mol. The maximum Gasteiger partial charge on any atom is 0.0972 e. The Balaban J connectivity index is 1.10. The van der Waals surface area contributed by atoms with Crippen molar-refractivity contribution in [2.45, 2.75) is 0 Å². The lowest BCUT2D eigenvalue weighted by atomic mass is 9.98. The summed E-state index contributed by atoms with van der Waals surface area (Å²) in [4.78, 5) is 14.9. The summed E-state index contributed by atoms with van der Waals surface area (Å²) in [5, 5.41) is 6.97. The first-order chi connectivity index (χ1) is 22.8. The van der Waals surface area contributed by atoms with Gasteiger partial charge in [-0.3, -0.25) is 4.98 Å². The van der Waals surface area contributed by atoms with Gasteiger partial charge in [-0.25, -0.2) is 9.97 Å². The fourth-order valence-electron chi connectivity index (χ4n) is 6.48. The van der Waals surface area contributed by atoms with Crippen LogP contribution in [0.5, 0.6) is 0 Å². The van der Waals surface area contributed by atoms with Crippen LogP contribution in [0.3, 0.4) is 0 Å². The molecular weight excluding hydrogens is 558 g/mol. The summed E-state index contributed by atoms with van der Waals surface area (Å²) in [6, 6.07) is 53.5. The third-order valence-electron chi connectivity index (χ3n) is 8.92. The molecule has 9 aromatic rings. The van der Waals surface area contributed by atoms with Gasteiger partial charge >= 0.3 is 0 Å². The molecule has 0 radical (unpaired) electrons. The summed E-state index contributed by atoms with van der Waals surface area (Å²) in [6.07, 6.45) is 3.86. The van der Waals surface area contributed by atoms with Crippen LogP contribution in [-0.2, 0) is 0 Å². The van der Waals surface area contributed by atoms with Crippen molar-refractivity contribution in [3.8, 4) is 44.8 Å².